The number of benzene rings is 2. The first kappa shape index (κ1) is 23.5. The second-order valence-corrected chi connectivity index (χ2v) is 7.48. The van der Waals surface area contributed by atoms with E-state index in [0.717, 1.165) is 12.1 Å². The number of aliphatic carboxylic acids is 1. The molecule has 0 spiro atoms. The molecule has 0 saturated heterocycles. The van der Waals surface area contributed by atoms with Gasteiger partial charge in [-0.15, -0.1) is 10.2 Å². The Hall–Kier alpha value is -4.17. The summed E-state index contributed by atoms with van der Waals surface area (Å²) in [6, 6.07) is 5.99. The van der Waals surface area contributed by atoms with Crippen LogP contribution in [0.15, 0.2) is 44.9 Å². The van der Waals surface area contributed by atoms with Crippen LogP contribution in [0.5, 0.6) is 11.5 Å². The number of carbonyl (C=O) groups is 1. The van der Waals surface area contributed by atoms with Gasteiger partial charge in [0.15, 0.2) is 0 Å². The number of phenols is 1. The number of aromatic hydroxyl groups is 1. The van der Waals surface area contributed by atoms with Gasteiger partial charge in [0.25, 0.3) is 16.8 Å². The molecule has 0 radical (unpaired) electrons. The quantitative estimate of drug-likeness (QED) is 0.197. The lowest BCUT2D eigenvalue weighted by atomic mass is 10.1. The number of thioether (sulfide) groups is 1. The zero-order chi connectivity index (χ0) is 24.3. The molecule has 3 aromatic rings. The number of rotatable bonds is 8. The third-order valence-corrected chi connectivity index (χ3v) is 5.09. The maximum absolute atomic E-state index is 11.7. The van der Waals surface area contributed by atoms with Gasteiger partial charge in [0.2, 0.25) is 5.75 Å². The summed E-state index contributed by atoms with van der Waals surface area (Å²) in [6.07, 6.45) is 0.812. The molecule has 1 heterocycles. The summed E-state index contributed by atoms with van der Waals surface area (Å²) in [7, 11) is 1.41. The van der Waals surface area contributed by atoms with Gasteiger partial charge in [-0.05, 0) is 36.0 Å². The molecular formula is C18H11ClN4O9S. The molecule has 0 bridgehead atoms. The molecule has 33 heavy (non-hydrogen) atoms. The molecule has 13 nitrogen and oxygen atoms in total. The molecule has 0 saturated carbocycles. The van der Waals surface area contributed by atoms with E-state index in [-0.39, 0.29) is 11.1 Å². The fourth-order valence-corrected chi connectivity index (χ4v) is 3.39. The van der Waals surface area contributed by atoms with Crippen molar-refractivity contribution in [3.05, 3.63) is 66.1 Å². The van der Waals surface area contributed by atoms with Gasteiger partial charge in [-0.3, -0.25) is 20.2 Å². The van der Waals surface area contributed by atoms with Crippen LogP contribution in [0.2, 0.25) is 5.02 Å². The SMILES string of the molecule is COc1ccc(Cl)cc1-c1nnc(S/C(=C\c2cc([N+](=O)[O-])cc([N+](=O)[O-])c2O)C(=O)O)o1. The number of nitro benzene ring substituents is 2. The number of carboxylic acids is 1. The smallest absolute Gasteiger partial charge is 0.342 e. The monoisotopic (exact) mass is 494 g/mol. The van der Waals surface area contributed by atoms with E-state index in [1.807, 2.05) is 0 Å². The first-order valence-corrected chi connectivity index (χ1v) is 9.76. The minimum absolute atomic E-state index is 0.0320. The Bertz CT molecular complexity index is 1310. The van der Waals surface area contributed by atoms with Gasteiger partial charge in [-0.1, -0.05) is 11.6 Å². The van der Waals surface area contributed by atoms with E-state index in [4.69, 9.17) is 20.8 Å². The van der Waals surface area contributed by atoms with Gasteiger partial charge in [-0.2, -0.15) is 0 Å². The molecule has 2 N–H and O–H groups in total. The molecular weight excluding hydrogens is 484 g/mol. The van der Waals surface area contributed by atoms with E-state index < -0.39 is 43.4 Å². The number of halogens is 1. The molecule has 15 heteroatoms. The number of phenolic OH excluding ortho intramolecular Hbond substituents is 1. The van der Waals surface area contributed by atoms with E-state index >= 15 is 0 Å². The maximum atomic E-state index is 11.7. The van der Waals surface area contributed by atoms with Crippen molar-refractivity contribution in [2.24, 2.45) is 0 Å². The van der Waals surface area contributed by atoms with Crippen LogP contribution in [-0.4, -0.2) is 43.3 Å². The van der Waals surface area contributed by atoms with Gasteiger partial charge >= 0.3 is 11.7 Å². The van der Waals surface area contributed by atoms with E-state index in [0.29, 0.717) is 34.2 Å². The van der Waals surface area contributed by atoms with Crippen molar-refractivity contribution in [2.75, 3.05) is 7.11 Å². The molecule has 0 aliphatic carbocycles. The maximum Gasteiger partial charge on any atom is 0.342 e. The lowest BCUT2D eigenvalue weighted by molar-refractivity contribution is -0.394. The Morgan fingerprint density at radius 3 is 2.55 bits per heavy atom. The molecule has 0 aliphatic rings. The van der Waals surface area contributed by atoms with Crippen molar-refractivity contribution in [3.8, 4) is 23.0 Å². The van der Waals surface area contributed by atoms with Crippen LogP contribution in [0.3, 0.4) is 0 Å². The van der Waals surface area contributed by atoms with E-state index in [1.165, 1.54) is 13.2 Å². The predicted octanol–water partition coefficient (Wildman–Crippen LogP) is 4.14. The minimum Gasteiger partial charge on any atom is -0.502 e. The van der Waals surface area contributed by atoms with Crippen molar-refractivity contribution in [1.29, 1.82) is 0 Å². The largest absolute Gasteiger partial charge is 0.502 e. The number of nitrogens with zero attached hydrogens (tertiary/aromatic N) is 4. The summed E-state index contributed by atoms with van der Waals surface area (Å²) in [5.74, 6) is -2.13. The summed E-state index contributed by atoms with van der Waals surface area (Å²) in [4.78, 5) is 31.4. The Balaban J connectivity index is 2.02. The summed E-state index contributed by atoms with van der Waals surface area (Å²) < 4.78 is 10.7. The van der Waals surface area contributed by atoms with Crippen LogP contribution >= 0.6 is 23.4 Å². The minimum atomic E-state index is -1.52. The summed E-state index contributed by atoms with van der Waals surface area (Å²) in [6.45, 7) is 0. The van der Waals surface area contributed by atoms with E-state index in [9.17, 15) is 35.2 Å². The Labute approximate surface area is 192 Å². The number of carboxylic acid groups (broad SMARTS) is 1. The first-order chi connectivity index (χ1) is 15.6. The van der Waals surface area contributed by atoms with Gasteiger partial charge in [0.05, 0.1) is 28.6 Å². The summed E-state index contributed by atoms with van der Waals surface area (Å²) in [5.41, 5.74) is -1.79. The normalized spacial score (nSPS) is 11.3. The van der Waals surface area contributed by atoms with Crippen molar-refractivity contribution in [2.45, 2.75) is 5.22 Å². The van der Waals surface area contributed by atoms with Crippen LogP contribution in [0.1, 0.15) is 5.56 Å². The van der Waals surface area contributed by atoms with Gasteiger partial charge < -0.3 is 19.4 Å². The van der Waals surface area contributed by atoms with Crippen LogP contribution in [0.4, 0.5) is 11.4 Å². The zero-order valence-corrected chi connectivity index (χ0v) is 17.9. The zero-order valence-electron chi connectivity index (χ0n) is 16.3. The molecule has 0 atom stereocenters. The predicted molar refractivity (Wildman–Crippen MR) is 114 cm³/mol. The fraction of sp³-hybridized carbons (Fsp3) is 0.0556. The highest BCUT2D eigenvalue weighted by atomic mass is 35.5. The summed E-state index contributed by atoms with van der Waals surface area (Å²) in [5, 5.41) is 49.5. The van der Waals surface area contributed by atoms with Crippen molar-refractivity contribution in [3.63, 3.8) is 0 Å². The van der Waals surface area contributed by atoms with Gasteiger partial charge in [-0.25, -0.2) is 4.79 Å². The molecule has 1 aromatic heterocycles. The Morgan fingerprint density at radius 1 is 1.21 bits per heavy atom. The second-order valence-electron chi connectivity index (χ2n) is 6.05. The number of ether oxygens (including phenoxy) is 1. The topological polar surface area (TPSA) is 192 Å². The third-order valence-electron chi connectivity index (χ3n) is 4.00. The number of hydrogen-bond donors (Lipinski definition) is 2. The molecule has 0 fully saturated rings. The van der Waals surface area contributed by atoms with Crippen LogP contribution in [0, 0.1) is 20.2 Å². The highest BCUT2D eigenvalue weighted by molar-refractivity contribution is 8.03. The number of non-ortho nitro benzene ring substituents is 1. The lowest BCUT2D eigenvalue weighted by Gasteiger charge is -2.05. The number of methoxy groups -OCH3 is 1. The molecule has 2 aromatic carbocycles. The molecule has 0 aliphatic heterocycles. The lowest BCUT2D eigenvalue weighted by Crippen LogP contribution is -1.99. The van der Waals surface area contributed by atoms with Crippen LogP contribution in [-0.2, 0) is 4.79 Å². The molecule has 0 unspecified atom stereocenters. The second kappa shape index (κ2) is 9.54. The Morgan fingerprint density at radius 2 is 1.94 bits per heavy atom. The third kappa shape index (κ3) is 5.19. The number of aromatic nitrogens is 2. The number of hydrogen-bond acceptors (Lipinski definition) is 11. The number of nitro groups is 2. The molecule has 0 amide bonds. The van der Waals surface area contributed by atoms with Crippen molar-refractivity contribution < 1.29 is 34.0 Å². The average molecular weight is 495 g/mol. The van der Waals surface area contributed by atoms with Gasteiger partial charge in [0, 0.05) is 16.7 Å². The standard InChI is InChI=1S/C18H11ClN4O9S/c1-31-13-3-2-9(19)6-11(13)16-20-21-18(32-16)33-14(17(25)26)5-8-4-10(22(27)28)7-12(15(8)24)23(29)30/h2-7,24H,1H3,(H,25,26)/b14-5-. The molecule has 3 rings (SSSR count). The van der Waals surface area contributed by atoms with Crippen LogP contribution in [0.25, 0.3) is 17.5 Å². The Kier molecular flexibility index (Phi) is 6.79. The highest BCUT2D eigenvalue weighted by Gasteiger charge is 2.25. The van der Waals surface area contributed by atoms with E-state index in [2.05, 4.69) is 10.2 Å². The van der Waals surface area contributed by atoms with Gasteiger partial charge in [0.1, 0.15) is 10.7 Å². The average Bonchev–Trinajstić information content (AvgIpc) is 3.22. The van der Waals surface area contributed by atoms with E-state index in [1.54, 1.807) is 12.1 Å². The fourth-order valence-electron chi connectivity index (χ4n) is 2.56. The molecule has 170 valence electrons. The highest BCUT2D eigenvalue weighted by Crippen LogP contribution is 2.38. The van der Waals surface area contributed by atoms with Crippen LogP contribution < -0.4 is 4.74 Å². The first-order valence-electron chi connectivity index (χ1n) is 8.56. The summed E-state index contributed by atoms with van der Waals surface area (Å²) >= 11 is 6.43. The van der Waals surface area contributed by atoms with Crippen molar-refractivity contribution in [1.82, 2.24) is 10.2 Å². The van der Waals surface area contributed by atoms with Crippen molar-refractivity contribution >= 4 is 46.8 Å².